The van der Waals surface area contributed by atoms with Gasteiger partial charge in [-0.3, -0.25) is 0 Å². The van der Waals surface area contributed by atoms with Gasteiger partial charge >= 0.3 is 12.0 Å². The molecule has 0 atom stereocenters. The molecule has 27 heavy (non-hydrogen) atoms. The standard InChI is InChI=1S/C20H20N2O4S/c1-11-6-5-7-15(12(11)2)22-20(24)21-13-8-9-16-14(10-13)17(25-3)18(27-16)19(23)26-4/h5-10H,1-4H3,(H2,21,22,24). The SMILES string of the molecule is COC(=O)c1sc2ccc(NC(=O)Nc3cccc(C)c3C)cc2c1OC. The summed E-state index contributed by atoms with van der Waals surface area (Å²) >= 11 is 1.29. The number of thiophene rings is 1. The van der Waals surface area contributed by atoms with Crippen LogP contribution in [0.25, 0.3) is 10.1 Å². The highest BCUT2D eigenvalue weighted by Crippen LogP contribution is 2.39. The zero-order valence-electron chi connectivity index (χ0n) is 15.5. The van der Waals surface area contributed by atoms with E-state index in [1.807, 2.05) is 38.1 Å². The van der Waals surface area contributed by atoms with Gasteiger partial charge in [0.25, 0.3) is 0 Å². The van der Waals surface area contributed by atoms with Crippen molar-refractivity contribution < 1.29 is 19.1 Å². The Morgan fingerprint density at radius 3 is 2.52 bits per heavy atom. The normalized spacial score (nSPS) is 10.5. The average molecular weight is 384 g/mol. The van der Waals surface area contributed by atoms with Crippen LogP contribution in [0.15, 0.2) is 36.4 Å². The number of esters is 1. The van der Waals surface area contributed by atoms with Crippen LogP contribution < -0.4 is 15.4 Å². The maximum atomic E-state index is 12.4. The smallest absolute Gasteiger partial charge is 0.351 e. The minimum Gasteiger partial charge on any atom is -0.494 e. The lowest BCUT2D eigenvalue weighted by Gasteiger charge is -2.11. The van der Waals surface area contributed by atoms with Crippen LogP contribution in [0.5, 0.6) is 5.75 Å². The van der Waals surface area contributed by atoms with Crippen molar-refractivity contribution in [2.24, 2.45) is 0 Å². The number of benzene rings is 2. The van der Waals surface area contributed by atoms with Gasteiger partial charge in [-0.05, 0) is 49.2 Å². The highest BCUT2D eigenvalue weighted by Gasteiger charge is 2.20. The Morgan fingerprint density at radius 1 is 1.04 bits per heavy atom. The Morgan fingerprint density at radius 2 is 1.81 bits per heavy atom. The van der Waals surface area contributed by atoms with Crippen molar-refractivity contribution in [3.8, 4) is 5.75 Å². The summed E-state index contributed by atoms with van der Waals surface area (Å²) in [5, 5.41) is 6.41. The first kappa shape index (κ1) is 18.7. The Hall–Kier alpha value is -3.06. The van der Waals surface area contributed by atoms with Crippen LogP contribution in [-0.4, -0.2) is 26.2 Å². The fraction of sp³-hybridized carbons (Fsp3) is 0.200. The zero-order valence-corrected chi connectivity index (χ0v) is 16.3. The number of aryl methyl sites for hydroxylation is 1. The first-order chi connectivity index (χ1) is 12.9. The van der Waals surface area contributed by atoms with E-state index in [0.29, 0.717) is 16.3 Å². The predicted molar refractivity (Wildman–Crippen MR) is 108 cm³/mol. The molecular weight excluding hydrogens is 364 g/mol. The predicted octanol–water partition coefficient (Wildman–Crippen LogP) is 4.96. The monoisotopic (exact) mass is 384 g/mol. The molecule has 0 saturated heterocycles. The van der Waals surface area contributed by atoms with Crippen LogP contribution in [-0.2, 0) is 4.74 Å². The second kappa shape index (κ2) is 7.67. The number of carbonyl (C=O) groups is 2. The Bertz CT molecular complexity index is 1030. The van der Waals surface area contributed by atoms with E-state index in [-0.39, 0.29) is 6.03 Å². The van der Waals surface area contributed by atoms with Crippen molar-refractivity contribution in [2.45, 2.75) is 13.8 Å². The van der Waals surface area contributed by atoms with Crippen molar-refractivity contribution in [3.05, 3.63) is 52.4 Å². The molecule has 0 aliphatic carbocycles. The number of hydrogen-bond acceptors (Lipinski definition) is 5. The van der Waals surface area contributed by atoms with E-state index in [0.717, 1.165) is 26.9 Å². The van der Waals surface area contributed by atoms with Gasteiger partial charge in [0.2, 0.25) is 0 Å². The summed E-state index contributed by atoms with van der Waals surface area (Å²) < 4.78 is 11.1. The molecule has 140 valence electrons. The Labute approximate surface area is 161 Å². The molecule has 0 aliphatic heterocycles. The highest BCUT2D eigenvalue weighted by atomic mass is 32.1. The van der Waals surface area contributed by atoms with Crippen LogP contribution in [0.2, 0.25) is 0 Å². The molecule has 3 rings (SSSR count). The fourth-order valence-corrected chi connectivity index (χ4v) is 3.82. The molecule has 1 heterocycles. The van der Waals surface area contributed by atoms with Gasteiger partial charge in [-0.2, -0.15) is 0 Å². The maximum absolute atomic E-state index is 12.4. The van der Waals surface area contributed by atoms with Gasteiger partial charge in [0, 0.05) is 21.5 Å². The van der Waals surface area contributed by atoms with Gasteiger partial charge in [0.05, 0.1) is 14.2 Å². The van der Waals surface area contributed by atoms with E-state index in [1.165, 1.54) is 25.6 Å². The molecule has 0 saturated carbocycles. The van der Waals surface area contributed by atoms with E-state index in [4.69, 9.17) is 9.47 Å². The number of anilines is 2. The largest absolute Gasteiger partial charge is 0.494 e. The van der Waals surface area contributed by atoms with Gasteiger partial charge < -0.3 is 20.1 Å². The summed E-state index contributed by atoms with van der Waals surface area (Å²) in [5.74, 6) is -0.00402. The third kappa shape index (κ3) is 3.73. The molecule has 3 aromatic rings. The van der Waals surface area contributed by atoms with Gasteiger partial charge in [-0.15, -0.1) is 11.3 Å². The quantitative estimate of drug-likeness (QED) is 0.624. The third-order valence-corrected chi connectivity index (χ3v) is 5.46. The van der Waals surface area contributed by atoms with Crippen molar-refractivity contribution in [2.75, 3.05) is 24.9 Å². The number of hydrogen-bond donors (Lipinski definition) is 2. The van der Waals surface area contributed by atoms with E-state index in [9.17, 15) is 9.59 Å². The number of amides is 2. The molecule has 2 amide bonds. The van der Waals surface area contributed by atoms with Crippen molar-refractivity contribution in [3.63, 3.8) is 0 Å². The summed E-state index contributed by atoms with van der Waals surface area (Å²) in [6, 6.07) is 10.8. The van der Waals surface area contributed by atoms with Crippen LogP contribution >= 0.6 is 11.3 Å². The summed E-state index contributed by atoms with van der Waals surface area (Å²) in [6.07, 6.45) is 0. The van der Waals surface area contributed by atoms with E-state index in [1.54, 1.807) is 12.1 Å². The van der Waals surface area contributed by atoms with Crippen molar-refractivity contribution >= 4 is 44.8 Å². The molecule has 0 unspecified atom stereocenters. The number of methoxy groups -OCH3 is 2. The average Bonchev–Trinajstić information content (AvgIpc) is 3.02. The molecule has 7 heteroatoms. The lowest BCUT2D eigenvalue weighted by atomic mass is 10.1. The Balaban J connectivity index is 1.85. The zero-order chi connectivity index (χ0) is 19.6. The van der Waals surface area contributed by atoms with E-state index >= 15 is 0 Å². The van der Waals surface area contributed by atoms with E-state index in [2.05, 4.69) is 10.6 Å². The molecule has 0 aliphatic rings. The molecule has 0 bridgehead atoms. The molecule has 1 aromatic heterocycles. The van der Waals surface area contributed by atoms with Crippen LogP contribution in [0.1, 0.15) is 20.8 Å². The molecule has 6 nitrogen and oxygen atoms in total. The van der Waals surface area contributed by atoms with Crippen LogP contribution in [0, 0.1) is 13.8 Å². The number of nitrogens with one attached hydrogen (secondary N) is 2. The van der Waals surface area contributed by atoms with Crippen molar-refractivity contribution in [1.29, 1.82) is 0 Å². The second-order valence-corrected chi connectivity index (χ2v) is 7.05. The number of fused-ring (bicyclic) bond motifs is 1. The van der Waals surface area contributed by atoms with Crippen LogP contribution in [0.3, 0.4) is 0 Å². The van der Waals surface area contributed by atoms with Crippen LogP contribution in [0.4, 0.5) is 16.2 Å². The number of ether oxygens (including phenoxy) is 2. The summed E-state index contributed by atoms with van der Waals surface area (Å²) in [5.41, 5.74) is 3.48. The molecule has 0 spiro atoms. The van der Waals surface area contributed by atoms with Gasteiger partial charge in [-0.1, -0.05) is 12.1 Å². The fourth-order valence-electron chi connectivity index (χ4n) is 2.75. The highest BCUT2D eigenvalue weighted by molar-refractivity contribution is 7.21. The van der Waals surface area contributed by atoms with Gasteiger partial charge in [0.15, 0.2) is 10.6 Å². The molecule has 2 N–H and O–H groups in total. The molecule has 2 aromatic carbocycles. The summed E-state index contributed by atoms with van der Waals surface area (Å²) in [6.45, 7) is 3.95. The molecular formula is C20H20N2O4S. The molecule has 0 fully saturated rings. The lowest BCUT2D eigenvalue weighted by molar-refractivity contribution is 0.0603. The van der Waals surface area contributed by atoms with Gasteiger partial charge in [0.1, 0.15) is 0 Å². The number of rotatable bonds is 4. The second-order valence-electron chi connectivity index (χ2n) is 5.99. The summed E-state index contributed by atoms with van der Waals surface area (Å²) in [4.78, 5) is 24.7. The lowest BCUT2D eigenvalue weighted by Crippen LogP contribution is -2.20. The number of urea groups is 1. The minimum atomic E-state index is -0.449. The maximum Gasteiger partial charge on any atom is 0.351 e. The number of carbonyl (C=O) groups excluding carboxylic acids is 2. The van der Waals surface area contributed by atoms with Crippen molar-refractivity contribution in [1.82, 2.24) is 0 Å². The Kier molecular flexibility index (Phi) is 5.32. The van der Waals surface area contributed by atoms with Gasteiger partial charge in [-0.25, -0.2) is 9.59 Å². The first-order valence-corrected chi connectivity index (χ1v) is 9.09. The van der Waals surface area contributed by atoms with E-state index < -0.39 is 5.97 Å². The minimum absolute atomic E-state index is 0.342. The molecule has 0 radical (unpaired) electrons. The first-order valence-electron chi connectivity index (χ1n) is 8.27. The topological polar surface area (TPSA) is 76.7 Å². The summed E-state index contributed by atoms with van der Waals surface area (Å²) in [7, 11) is 2.83. The third-order valence-electron chi connectivity index (χ3n) is 4.33.